The highest BCUT2D eigenvalue weighted by Gasteiger charge is 2.08. The Kier molecular flexibility index (Phi) is 9.28. The number of hydrogen-bond donors (Lipinski definition) is 4. The molecule has 128 valence electrons. The van der Waals surface area contributed by atoms with E-state index in [1.807, 2.05) is 6.92 Å². The van der Waals surface area contributed by atoms with Crippen LogP contribution in [0.2, 0.25) is 0 Å². The van der Waals surface area contributed by atoms with Crippen LogP contribution in [0.5, 0.6) is 5.75 Å². The third-order valence-corrected chi connectivity index (χ3v) is 3.23. The summed E-state index contributed by atoms with van der Waals surface area (Å²) in [7, 11) is 0. The fourth-order valence-corrected chi connectivity index (χ4v) is 2.01. The average molecular weight is 320 g/mol. The first kappa shape index (κ1) is 18.8. The number of guanidine groups is 1. The van der Waals surface area contributed by atoms with Gasteiger partial charge >= 0.3 is 0 Å². The van der Waals surface area contributed by atoms with Gasteiger partial charge in [-0.25, -0.2) is 0 Å². The monoisotopic (exact) mass is 320 g/mol. The van der Waals surface area contributed by atoms with Crippen LogP contribution in [0, 0.1) is 0 Å². The van der Waals surface area contributed by atoms with Gasteiger partial charge in [-0.2, -0.15) is 0 Å². The molecule has 0 saturated heterocycles. The van der Waals surface area contributed by atoms with E-state index in [0.717, 1.165) is 25.5 Å². The molecule has 1 amide bonds. The van der Waals surface area contributed by atoms with Crippen molar-refractivity contribution < 1.29 is 9.90 Å². The molecule has 0 heterocycles. The molecule has 0 unspecified atom stereocenters. The number of phenols is 1. The summed E-state index contributed by atoms with van der Waals surface area (Å²) in [5, 5.41) is 18.8. The fraction of sp³-hybridized carbons (Fsp3) is 0.529. The van der Waals surface area contributed by atoms with Crippen LogP contribution < -0.4 is 16.0 Å². The van der Waals surface area contributed by atoms with Gasteiger partial charge < -0.3 is 21.1 Å². The molecule has 6 heteroatoms. The van der Waals surface area contributed by atoms with Gasteiger partial charge in [0, 0.05) is 26.2 Å². The van der Waals surface area contributed by atoms with E-state index < -0.39 is 0 Å². The molecule has 4 N–H and O–H groups in total. The van der Waals surface area contributed by atoms with Crippen LogP contribution in [0.15, 0.2) is 29.3 Å². The van der Waals surface area contributed by atoms with E-state index in [9.17, 15) is 9.90 Å². The highest BCUT2D eigenvalue weighted by molar-refractivity contribution is 5.96. The predicted octanol–water partition coefficient (Wildman–Crippen LogP) is 1.87. The Balaban J connectivity index is 2.33. The molecule has 0 bridgehead atoms. The van der Waals surface area contributed by atoms with E-state index in [1.165, 1.54) is 18.9 Å². The SMILES string of the molecule is CCCCCN=C(NCC)NCCNC(=O)c1ccccc1O. The first-order chi connectivity index (χ1) is 11.2. The van der Waals surface area contributed by atoms with Gasteiger partial charge in [0.15, 0.2) is 5.96 Å². The van der Waals surface area contributed by atoms with Crippen molar-refractivity contribution in [3.05, 3.63) is 29.8 Å². The molecule has 0 aliphatic rings. The summed E-state index contributed by atoms with van der Waals surface area (Å²) < 4.78 is 0. The molecule has 0 radical (unpaired) electrons. The lowest BCUT2D eigenvalue weighted by Gasteiger charge is -2.12. The summed E-state index contributed by atoms with van der Waals surface area (Å²) in [4.78, 5) is 16.4. The highest BCUT2D eigenvalue weighted by Crippen LogP contribution is 2.14. The second-order valence-electron chi connectivity index (χ2n) is 5.17. The van der Waals surface area contributed by atoms with E-state index in [4.69, 9.17) is 0 Å². The average Bonchev–Trinajstić information content (AvgIpc) is 2.55. The number of carbonyl (C=O) groups is 1. The topological polar surface area (TPSA) is 85.8 Å². The maximum absolute atomic E-state index is 11.9. The normalized spacial score (nSPS) is 11.1. The minimum absolute atomic E-state index is 0.0104. The number of para-hydroxylation sites is 1. The number of rotatable bonds is 9. The largest absolute Gasteiger partial charge is 0.507 e. The third kappa shape index (κ3) is 7.54. The summed E-state index contributed by atoms with van der Waals surface area (Å²) in [6.07, 6.45) is 3.44. The smallest absolute Gasteiger partial charge is 0.255 e. The van der Waals surface area contributed by atoms with Crippen LogP contribution in [0.4, 0.5) is 0 Å². The Hall–Kier alpha value is -2.24. The van der Waals surface area contributed by atoms with Crippen LogP contribution in [0.1, 0.15) is 43.5 Å². The van der Waals surface area contributed by atoms with Crippen LogP contribution >= 0.6 is 0 Å². The lowest BCUT2D eigenvalue weighted by molar-refractivity contribution is 0.0951. The Morgan fingerprint density at radius 2 is 1.83 bits per heavy atom. The van der Waals surface area contributed by atoms with Crippen LogP contribution in [-0.4, -0.2) is 43.2 Å². The molecular formula is C17H28N4O2. The van der Waals surface area contributed by atoms with E-state index in [-0.39, 0.29) is 17.2 Å². The van der Waals surface area contributed by atoms with Gasteiger partial charge in [-0.1, -0.05) is 31.9 Å². The molecule has 1 rings (SSSR count). The molecule has 1 aromatic carbocycles. The van der Waals surface area contributed by atoms with E-state index in [0.29, 0.717) is 13.1 Å². The predicted molar refractivity (Wildman–Crippen MR) is 93.9 cm³/mol. The molecule has 0 aromatic heterocycles. The molecular weight excluding hydrogens is 292 g/mol. The number of phenolic OH excluding ortho intramolecular Hbond substituents is 1. The molecule has 0 aliphatic heterocycles. The second-order valence-corrected chi connectivity index (χ2v) is 5.17. The first-order valence-electron chi connectivity index (χ1n) is 8.27. The number of unbranched alkanes of at least 4 members (excludes halogenated alkanes) is 2. The second kappa shape index (κ2) is 11.3. The van der Waals surface area contributed by atoms with Crippen molar-refractivity contribution in [1.82, 2.24) is 16.0 Å². The van der Waals surface area contributed by atoms with Gasteiger partial charge in [0.2, 0.25) is 0 Å². The van der Waals surface area contributed by atoms with Gasteiger partial charge in [0.25, 0.3) is 5.91 Å². The standard InChI is InChI=1S/C17H28N4O2/c1-3-5-8-11-20-17(18-4-2)21-13-12-19-16(23)14-9-6-7-10-15(14)22/h6-7,9-10,22H,3-5,8,11-13H2,1-2H3,(H,19,23)(H2,18,20,21). The molecule has 0 aliphatic carbocycles. The molecule has 0 saturated carbocycles. The maximum Gasteiger partial charge on any atom is 0.255 e. The zero-order valence-electron chi connectivity index (χ0n) is 14.1. The van der Waals surface area contributed by atoms with Crippen molar-refractivity contribution in [2.75, 3.05) is 26.2 Å². The van der Waals surface area contributed by atoms with Crippen molar-refractivity contribution in [3.8, 4) is 5.75 Å². The number of hydrogen-bond acceptors (Lipinski definition) is 3. The van der Waals surface area contributed by atoms with E-state index in [1.54, 1.807) is 18.2 Å². The number of aliphatic imine (C=N–C) groups is 1. The number of amides is 1. The number of benzene rings is 1. The fourth-order valence-electron chi connectivity index (χ4n) is 2.01. The number of nitrogens with zero attached hydrogens (tertiary/aromatic N) is 1. The lowest BCUT2D eigenvalue weighted by atomic mass is 10.2. The van der Waals surface area contributed by atoms with Gasteiger partial charge in [-0.15, -0.1) is 0 Å². The zero-order chi connectivity index (χ0) is 16.9. The van der Waals surface area contributed by atoms with Gasteiger partial charge in [0.1, 0.15) is 5.75 Å². The van der Waals surface area contributed by atoms with E-state index in [2.05, 4.69) is 27.9 Å². The van der Waals surface area contributed by atoms with Gasteiger partial charge in [-0.3, -0.25) is 9.79 Å². The first-order valence-corrected chi connectivity index (χ1v) is 8.27. The summed E-state index contributed by atoms with van der Waals surface area (Å²) in [6, 6.07) is 6.50. The minimum atomic E-state index is -0.283. The molecule has 0 fully saturated rings. The van der Waals surface area contributed by atoms with Crippen molar-refractivity contribution in [2.45, 2.75) is 33.1 Å². The van der Waals surface area contributed by atoms with Crippen LogP contribution in [0.3, 0.4) is 0 Å². The molecule has 0 spiro atoms. The van der Waals surface area contributed by atoms with Gasteiger partial charge in [-0.05, 0) is 25.5 Å². The lowest BCUT2D eigenvalue weighted by Crippen LogP contribution is -2.41. The quantitative estimate of drug-likeness (QED) is 0.318. The molecule has 23 heavy (non-hydrogen) atoms. The van der Waals surface area contributed by atoms with Crippen molar-refractivity contribution >= 4 is 11.9 Å². The summed E-state index contributed by atoms with van der Waals surface area (Å²) in [5.74, 6) is 0.471. The van der Waals surface area contributed by atoms with Crippen molar-refractivity contribution in [1.29, 1.82) is 0 Å². The Bertz CT molecular complexity index is 503. The summed E-state index contributed by atoms with van der Waals surface area (Å²) in [5.41, 5.74) is 0.285. The summed E-state index contributed by atoms with van der Waals surface area (Å²) >= 11 is 0. The Morgan fingerprint density at radius 3 is 2.52 bits per heavy atom. The Labute approximate surface area is 138 Å². The van der Waals surface area contributed by atoms with E-state index >= 15 is 0 Å². The zero-order valence-corrected chi connectivity index (χ0v) is 14.1. The van der Waals surface area contributed by atoms with Crippen molar-refractivity contribution in [2.24, 2.45) is 4.99 Å². The van der Waals surface area contributed by atoms with Crippen molar-refractivity contribution in [3.63, 3.8) is 0 Å². The molecule has 6 nitrogen and oxygen atoms in total. The number of aromatic hydroxyl groups is 1. The molecule has 1 aromatic rings. The number of nitrogens with one attached hydrogen (secondary N) is 3. The van der Waals surface area contributed by atoms with Crippen LogP contribution in [-0.2, 0) is 0 Å². The minimum Gasteiger partial charge on any atom is -0.507 e. The molecule has 0 atom stereocenters. The van der Waals surface area contributed by atoms with Gasteiger partial charge in [0.05, 0.1) is 5.56 Å². The Morgan fingerprint density at radius 1 is 1.09 bits per heavy atom. The highest BCUT2D eigenvalue weighted by atomic mass is 16.3. The van der Waals surface area contributed by atoms with Crippen LogP contribution in [0.25, 0.3) is 0 Å². The number of carbonyl (C=O) groups excluding carboxylic acids is 1. The maximum atomic E-state index is 11.9. The third-order valence-electron chi connectivity index (χ3n) is 3.23. The summed E-state index contributed by atoms with van der Waals surface area (Å²) in [6.45, 7) is 6.80.